The Labute approximate surface area is 126 Å². The Morgan fingerprint density at radius 2 is 2.14 bits per heavy atom. The van der Waals surface area contributed by atoms with Gasteiger partial charge >= 0.3 is 0 Å². The molecule has 2 atom stereocenters. The van der Waals surface area contributed by atoms with Crippen molar-refractivity contribution in [2.75, 3.05) is 12.8 Å². The molecule has 1 aromatic heterocycles. The van der Waals surface area contributed by atoms with Gasteiger partial charge in [0.05, 0.1) is 5.69 Å². The minimum Gasteiger partial charge on any atom is -0.349 e. The van der Waals surface area contributed by atoms with Crippen LogP contribution in [0, 0.1) is 0 Å². The zero-order valence-corrected chi connectivity index (χ0v) is 13.8. The number of aromatic nitrogens is 2. The number of hydrogen-bond donors (Lipinski definition) is 3. The summed E-state index contributed by atoms with van der Waals surface area (Å²) in [6, 6.07) is 0. The highest BCUT2D eigenvalue weighted by molar-refractivity contribution is 7.89. The molecule has 0 aliphatic heterocycles. The van der Waals surface area contributed by atoms with Gasteiger partial charge in [0, 0.05) is 28.9 Å². The van der Waals surface area contributed by atoms with Gasteiger partial charge in [-0.1, -0.05) is 13.3 Å². The van der Waals surface area contributed by atoms with Gasteiger partial charge in [-0.15, -0.1) is 0 Å². The smallest absolute Gasteiger partial charge is 0.273 e. The average Bonchev–Trinajstić information content (AvgIpc) is 2.79. The lowest BCUT2D eigenvalue weighted by molar-refractivity contribution is 0.0945. The summed E-state index contributed by atoms with van der Waals surface area (Å²) in [4.78, 5) is 11.8. The number of carbonyl (C=O) groups excluding carboxylic acids is 1. The van der Waals surface area contributed by atoms with E-state index in [9.17, 15) is 17.4 Å². The predicted octanol–water partition coefficient (Wildman–Crippen LogP) is -0.494. The van der Waals surface area contributed by atoms with Crippen molar-refractivity contribution in [2.24, 2.45) is 5.14 Å². The molecule has 1 aromatic rings. The monoisotopic (exact) mass is 336 g/mol. The van der Waals surface area contributed by atoms with Gasteiger partial charge in [-0.25, -0.2) is 13.6 Å². The molecule has 0 spiro atoms. The topological polar surface area (TPSA) is 135 Å². The number of rotatable bonds is 7. The number of carbonyl (C=O) groups is 1. The Balaban J connectivity index is 3.02. The van der Waals surface area contributed by atoms with Gasteiger partial charge in [-0.3, -0.25) is 14.1 Å². The fourth-order valence-electron chi connectivity index (χ4n) is 1.69. The number of amides is 1. The summed E-state index contributed by atoms with van der Waals surface area (Å²) in [6.07, 6.45) is 2.62. The zero-order chi connectivity index (χ0) is 16.2. The van der Waals surface area contributed by atoms with E-state index in [0.29, 0.717) is 18.5 Å². The molecule has 0 aromatic carbocycles. The third kappa shape index (κ3) is 4.61. The van der Waals surface area contributed by atoms with Crippen LogP contribution in [0.15, 0.2) is 4.90 Å². The van der Waals surface area contributed by atoms with Gasteiger partial charge < -0.3 is 5.32 Å². The second-order valence-corrected chi connectivity index (χ2v) is 7.99. The Morgan fingerprint density at radius 1 is 1.52 bits per heavy atom. The van der Waals surface area contributed by atoms with Crippen LogP contribution in [0.3, 0.4) is 0 Å². The lowest BCUT2D eigenvalue weighted by atomic mass is 10.2. The minimum atomic E-state index is -4.06. The highest BCUT2D eigenvalue weighted by Crippen LogP contribution is 2.18. The number of nitrogens with one attached hydrogen (secondary N) is 2. The van der Waals surface area contributed by atoms with E-state index in [2.05, 4.69) is 15.5 Å². The first-order valence-electron chi connectivity index (χ1n) is 6.38. The Kier molecular flexibility index (Phi) is 6.05. The van der Waals surface area contributed by atoms with Gasteiger partial charge in [-0.05, 0) is 13.3 Å². The van der Waals surface area contributed by atoms with Gasteiger partial charge in [0.2, 0.25) is 10.0 Å². The first-order valence-corrected chi connectivity index (χ1v) is 9.55. The van der Waals surface area contributed by atoms with Crippen LogP contribution >= 0.6 is 0 Å². The molecule has 0 aliphatic carbocycles. The molecule has 1 heterocycles. The molecule has 21 heavy (non-hydrogen) atoms. The molecule has 0 bridgehead atoms. The van der Waals surface area contributed by atoms with Crippen molar-refractivity contribution in [2.45, 2.75) is 36.8 Å². The van der Waals surface area contributed by atoms with E-state index in [4.69, 9.17) is 5.14 Å². The van der Waals surface area contributed by atoms with Crippen LogP contribution in [0.2, 0.25) is 0 Å². The molecule has 1 rings (SSSR count). The highest BCUT2D eigenvalue weighted by atomic mass is 32.2. The van der Waals surface area contributed by atoms with Crippen molar-refractivity contribution in [3.05, 3.63) is 11.4 Å². The number of H-pyrrole nitrogens is 1. The van der Waals surface area contributed by atoms with E-state index in [1.54, 1.807) is 6.92 Å². The Hall–Kier alpha value is -1.26. The molecule has 0 saturated carbocycles. The van der Waals surface area contributed by atoms with E-state index in [1.165, 1.54) is 6.26 Å². The predicted molar refractivity (Wildman–Crippen MR) is 79.8 cm³/mol. The van der Waals surface area contributed by atoms with Crippen LogP contribution in [0.1, 0.15) is 36.5 Å². The number of hydrogen-bond acceptors (Lipinski definition) is 5. The first kappa shape index (κ1) is 17.8. The molecule has 8 nitrogen and oxygen atoms in total. The molecule has 0 radical (unpaired) electrons. The summed E-state index contributed by atoms with van der Waals surface area (Å²) >= 11 is 0. The number of nitrogens with two attached hydrogens (primary N) is 1. The molecular weight excluding hydrogens is 316 g/mol. The molecular formula is C11H20N4O4S2. The molecule has 120 valence electrons. The lowest BCUT2D eigenvalue weighted by Gasteiger charge is -2.09. The quantitative estimate of drug-likeness (QED) is 0.617. The summed E-state index contributed by atoms with van der Waals surface area (Å²) in [5.41, 5.74) is 0.0623. The molecule has 1 amide bonds. The number of aryl methyl sites for hydroxylation is 1. The maximum absolute atomic E-state index is 12.0. The molecule has 0 aliphatic rings. The maximum Gasteiger partial charge on any atom is 0.273 e. The summed E-state index contributed by atoms with van der Waals surface area (Å²) in [7, 11) is -5.15. The Bertz CT molecular complexity index is 639. The number of nitrogens with zero attached hydrogens (tertiary/aromatic N) is 1. The second kappa shape index (κ2) is 7.14. The van der Waals surface area contributed by atoms with Crippen molar-refractivity contribution in [3.8, 4) is 0 Å². The summed E-state index contributed by atoms with van der Waals surface area (Å²) in [6.45, 7) is 3.73. The van der Waals surface area contributed by atoms with E-state index in [-0.39, 0.29) is 22.4 Å². The van der Waals surface area contributed by atoms with Crippen molar-refractivity contribution in [3.63, 3.8) is 0 Å². The van der Waals surface area contributed by atoms with Crippen molar-refractivity contribution in [1.82, 2.24) is 15.5 Å². The average molecular weight is 336 g/mol. The van der Waals surface area contributed by atoms with Crippen LogP contribution in [0.5, 0.6) is 0 Å². The molecule has 0 saturated heterocycles. The maximum atomic E-state index is 12.0. The van der Waals surface area contributed by atoms with Crippen molar-refractivity contribution in [1.29, 1.82) is 0 Å². The molecule has 4 N–H and O–H groups in total. The highest BCUT2D eigenvalue weighted by Gasteiger charge is 2.27. The molecule has 2 unspecified atom stereocenters. The minimum absolute atomic E-state index is 0.155. The normalized spacial score (nSPS) is 14.7. The van der Waals surface area contributed by atoms with E-state index in [1.807, 2.05) is 6.92 Å². The van der Waals surface area contributed by atoms with Crippen LogP contribution in [0.4, 0.5) is 0 Å². The largest absolute Gasteiger partial charge is 0.349 e. The van der Waals surface area contributed by atoms with E-state index in [0.717, 1.165) is 0 Å². The SMILES string of the molecule is CCCc1[nH]nc(C(=O)NCC(C)S(C)=O)c1S(N)(=O)=O. The summed E-state index contributed by atoms with van der Waals surface area (Å²) in [5, 5.41) is 13.7. The molecule has 0 fully saturated rings. The zero-order valence-electron chi connectivity index (χ0n) is 12.2. The van der Waals surface area contributed by atoms with Crippen LogP contribution in [-0.2, 0) is 27.2 Å². The third-order valence-electron chi connectivity index (χ3n) is 2.91. The van der Waals surface area contributed by atoms with Gasteiger partial charge in [0.25, 0.3) is 5.91 Å². The standard InChI is InChI=1S/C11H20N4O4S2/c1-4-5-8-10(21(12,18)19)9(15-14-8)11(16)13-6-7(2)20(3)17/h7H,4-6H2,1-3H3,(H,13,16)(H,14,15)(H2,12,18,19). The molecule has 10 heteroatoms. The van der Waals surface area contributed by atoms with Gasteiger partial charge in [0.15, 0.2) is 5.69 Å². The third-order valence-corrected chi connectivity index (χ3v) is 5.22. The first-order chi connectivity index (χ1) is 9.68. The Morgan fingerprint density at radius 3 is 2.62 bits per heavy atom. The summed E-state index contributed by atoms with van der Waals surface area (Å²) < 4.78 is 34.5. The number of primary sulfonamides is 1. The lowest BCUT2D eigenvalue weighted by Crippen LogP contribution is -2.34. The number of sulfonamides is 1. The van der Waals surface area contributed by atoms with E-state index < -0.39 is 26.7 Å². The van der Waals surface area contributed by atoms with Gasteiger partial charge in [0.1, 0.15) is 4.90 Å². The van der Waals surface area contributed by atoms with Crippen LogP contribution in [0.25, 0.3) is 0 Å². The van der Waals surface area contributed by atoms with Crippen molar-refractivity contribution < 1.29 is 17.4 Å². The number of aromatic amines is 1. The fraction of sp³-hybridized carbons (Fsp3) is 0.636. The fourth-order valence-corrected chi connectivity index (χ4v) is 2.90. The summed E-state index contributed by atoms with van der Waals surface area (Å²) in [5.74, 6) is -0.657. The van der Waals surface area contributed by atoms with E-state index >= 15 is 0 Å². The van der Waals surface area contributed by atoms with Crippen LogP contribution < -0.4 is 10.5 Å². The van der Waals surface area contributed by atoms with Crippen molar-refractivity contribution >= 4 is 26.7 Å². The van der Waals surface area contributed by atoms with Crippen LogP contribution in [-0.4, -0.2) is 46.8 Å². The second-order valence-electron chi connectivity index (χ2n) is 4.69. The van der Waals surface area contributed by atoms with Gasteiger partial charge in [-0.2, -0.15) is 5.10 Å².